The van der Waals surface area contributed by atoms with Crippen molar-refractivity contribution in [1.82, 2.24) is 35.1 Å². The number of halogens is 1. The van der Waals surface area contributed by atoms with Gasteiger partial charge in [-0.2, -0.15) is 5.10 Å². The minimum absolute atomic E-state index is 0.313. The molecule has 4 aromatic heterocycles. The Kier molecular flexibility index (Phi) is 5.30. The zero-order chi connectivity index (χ0) is 23.8. The van der Waals surface area contributed by atoms with Crippen molar-refractivity contribution >= 4 is 22.8 Å². The summed E-state index contributed by atoms with van der Waals surface area (Å²) < 4.78 is 26.3. The molecule has 0 unspecified atom stereocenters. The zero-order valence-corrected chi connectivity index (χ0v) is 19.1. The Morgan fingerprint density at radius 1 is 1.00 bits per heavy atom. The van der Waals surface area contributed by atoms with E-state index in [4.69, 9.17) is 8.94 Å². The summed E-state index contributed by atoms with van der Waals surface area (Å²) >= 11 is 1.43. The van der Waals surface area contributed by atoms with Crippen molar-refractivity contribution < 1.29 is 13.3 Å². The van der Waals surface area contributed by atoms with Crippen LogP contribution in [0.1, 0.15) is 11.7 Å². The molecule has 0 aliphatic rings. The molecule has 0 fully saturated rings. The molecule has 2 aromatic carbocycles. The fraction of sp³-hybridized carbons (Fsp3) is 0.0833. The summed E-state index contributed by atoms with van der Waals surface area (Å²) in [5.74, 6) is 1.45. The first kappa shape index (κ1) is 21.2. The van der Waals surface area contributed by atoms with E-state index in [1.165, 1.54) is 30.2 Å². The number of hydrogen-bond donors (Lipinski definition) is 0. The SMILES string of the molecule is Cc1onc(-c2ccccc2)c1-c1nnc(CSc2ncnc3c2cnn3-c2ccc(F)cc2)o1. The average molecular weight is 486 g/mol. The fourth-order valence-electron chi connectivity index (χ4n) is 3.67. The van der Waals surface area contributed by atoms with Crippen molar-refractivity contribution in [1.29, 1.82) is 0 Å². The molecule has 172 valence electrons. The van der Waals surface area contributed by atoms with Crippen LogP contribution in [0, 0.1) is 12.7 Å². The maximum atomic E-state index is 13.3. The van der Waals surface area contributed by atoms with E-state index in [1.807, 2.05) is 37.3 Å². The van der Waals surface area contributed by atoms with Crippen molar-refractivity contribution in [2.24, 2.45) is 0 Å². The third-order valence-electron chi connectivity index (χ3n) is 5.32. The minimum Gasteiger partial charge on any atom is -0.420 e. The third kappa shape index (κ3) is 3.95. The molecule has 0 radical (unpaired) electrons. The van der Waals surface area contributed by atoms with Crippen LogP contribution in [-0.2, 0) is 5.75 Å². The largest absolute Gasteiger partial charge is 0.420 e. The van der Waals surface area contributed by atoms with Crippen LogP contribution in [0.25, 0.3) is 39.4 Å². The van der Waals surface area contributed by atoms with Crippen LogP contribution in [-0.4, -0.2) is 35.1 Å². The predicted molar refractivity (Wildman–Crippen MR) is 126 cm³/mol. The molecule has 4 heterocycles. The third-order valence-corrected chi connectivity index (χ3v) is 6.31. The summed E-state index contributed by atoms with van der Waals surface area (Å²) in [5.41, 5.74) is 3.54. The minimum atomic E-state index is -0.313. The van der Waals surface area contributed by atoms with Gasteiger partial charge in [0, 0.05) is 5.56 Å². The molecule has 0 aliphatic heterocycles. The monoisotopic (exact) mass is 485 g/mol. The van der Waals surface area contributed by atoms with Gasteiger partial charge in [0.1, 0.15) is 34.2 Å². The van der Waals surface area contributed by atoms with Crippen LogP contribution in [0.4, 0.5) is 4.39 Å². The van der Waals surface area contributed by atoms with Crippen molar-refractivity contribution in [3.05, 3.63) is 84.6 Å². The number of rotatable bonds is 6. The van der Waals surface area contributed by atoms with Gasteiger partial charge in [-0.25, -0.2) is 19.0 Å². The molecule has 0 amide bonds. The second kappa shape index (κ2) is 8.76. The number of hydrogen-bond acceptors (Lipinski definition) is 9. The first-order valence-corrected chi connectivity index (χ1v) is 11.6. The summed E-state index contributed by atoms with van der Waals surface area (Å²) in [4.78, 5) is 8.75. The number of aryl methyl sites for hydroxylation is 1. The highest BCUT2D eigenvalue weighted by atomic mass is 32.2. The molecule has 0 N–H and O–H groups in total. The number of nitrogens with zero attached hydrogens (tertiary/aromatic N) is 7. The highest BCUT2D eigenvalue weighted by molar-refractivity contribution is 7.98. The molecule has 6 rings (SSSR count). The van der Waals surface area contributed by atoms with Crippen LogP contribution < -0.4 is 0 Å². The standard InChI is InChI=1S/C24H16FN7O2S/c1-14-20(21(31-34-14)15-5-3-2-4-6-15)23-30-29-19(33-23)12-35-24-18-11-28-32(22(18)26-13-27-24)17-9-7-16(25)8-10-17/h2-11,13H,12H2,1H3. The quantitative estimate of drug-likeness (QED) is 0.230. The number of fused-ring (bicyclic) bond motifs is 1. The lowest BCUT2D eigenvalue weighted by molar-refractivity contribution is 0.399. The molecule has 0 saturated heterocycles. The van der Waals surface area contributed by atoms with E-state index in [-0.39, 0.29) is 5.82 Å². The first-order valence-electron chi connectivity index (χ1n) is 10.6. The summed E-state index contributed by atoms with van der Waals surface area (Å²) in [6.07, 6.45) is 3.16. The van der Waals surface area contributed by atoms with Gasteiger partial charge in [0.15, 0.2) is 5.65 Å². The molecule has 0 atom stereocenters. The van der Waals surface area contributed by atoms with Crippen LogP contribution in [0.5, 0.6) is 0 Å². The topological polar surface area (TPSA) is 109 Å². The Morgan fingerprint density at radius 3 is 2.66 bits per heavy atom. The molecule has 35 heavy (non-hydrogen) atoms. The zero-order valence-electron chi connectivity index (χ0n) is 18.3. The predicted octanol–water partition coefficient (Wildman–Crippen LogP) is 5.26. The van der Waals surface area contributed by atoms with Crippen LogP contribution in [0.2, 0.25) is 0 Å². The average Bonchev–Trinajstić information content (AvgIpc) is 3.62. The second-order valence-electron chi connectivity index (χ2n) is 7.57. The molecule has 0 saturated carbocycles. The highest BCUT2D eigenvalue weighted by Gasteiger charge is 2.22. The van der Waals surface area contributed by atoms with E-state index in [9.17, 15) is 4.39 Å². The van der Waals surface area contributed by atoms with Crippen LogP contribution in [0.15, 0.2) is 81.1 Å². The first-order chi connectivity index (χ1) is 17.2. The van der Waals surface area contributed by atoms with Crippen LogP contribution in [0.3, 0.4) is 0 Å². The lowest BCUT2D eigenvalue weighted by Crippen LogP contribution is -1.98. The Bertz CT molecular complexity index is 1630. The molecule has 11 heteroatoms. The summed E-state index contributed by atoms with van der Waals surface area (Å²) in [6.45, 7) is 1.81. The van der Waals surface area contributed by atoms with Crippen LogP contribution >= 0.6 is 11.8 Å². The molecular formula is C24H16FN7O2S. The normalized spacial score (nSPS) is 11.4. The maximum absolute atomic E-state index is 13.3. The molecule has 9 nitrogen and oxygen atoms in total. The summed E-state index contributed by atoms with van der Waals surface area (Å²) in [5, 5.41) is 18.5. The van der Waals surface area contributed by atoms with Gasteiger partial charge in [-0.3, -0.25) is 0 Å². The van der Waals surface area contributed by atoms with Gasteiger partial charge >= 0.3 is 0 Å². The molecule has 0 aliphatic carbocycles. The van der Waals surface area contributed by atoms with E-state index in [0.29, 0.717) is 50.9 Å². The fourth-order valence-corrected chi connectivity index (χ4v) is 4.47. The lowest BCUT2D eigenvalue weighted by Gasteiger charge is -2.03. The van der Waals surface area contributed by atoms with Gasteiger partial charge in [0.2, 0.25) is 5.89 Å². The van der Waals surface area contributed by atoms with Gasteiger partial charge in [-0.1, -0.05) is 47.3 Å². The second-order valence-corrected chi connectivity index (χ2v) is 8.53. The van der Waals surface area contributed by atoms with Crippen molar-refractivity contribution in [3.8, 4) is 28.4 Å². The maximum Gasteiger partial charge on any atom is 0.253 e. The van der Waals surface area contributed by atoms with E-state index in [0.717, 1.165) is 10.9 Å². The van der Waals surface area contributed by atoms with Gasteiger partial charge in [0.05, 0.1) is 23.0 Å². The van der Waals surface area contributed by atoms with Gasteiger partial charge in [-0.15, -0.1) is 10.2 Å². The molecule has 0 spiro atoms. The van der Waals surface area contributed by atoms with Crippen molar-refractivity contribution in [3.63, 3.8) is 0 Å². The molecule has 6 aromatic rings. The van der Waals surface area contributed by atoms with E-state index in [2.05, 4.69) is 30.4 Å². The van der Waals surface area contributed by atoms with Gasteiger partial charge < -0.3 is 8.94 Å². The van der Waals surface area contributed by atoms with Crippen molar-refractivity contribution in [2.75, 3.05) is 0 Å². The Morgan fingerprint density at radius 2 is 1.83 bits per heavy atom. The number of aromatic nitrogens is 7. The highest BCUT2D eigenvalue weighted by Crippen LogP contribution is 2.34. The van der Waals surface area contributed by atoms with Gasteiger partial charge in [0.25, 0.3) is 5.89 Å². The number of benzene rings is 2. The Hall–Kier alpha value is -4.38. The lowest BCUT2D eigenvalue weighted by atomic mass is 10.1. The van der Waals surface area contributed by atoms with E-state index in [1.54, 1.807) is 23.0 Å². The smallest absolute Gasteiger partial charge is 0.253 e. The molecule has 0 bridgehead atoms. The summed E-state index contributed by atoms with van der Waals surface area (Å²) in [6, 6.07) is 15.7. The summed E-state index contributed by atoms with van der Waals surface area (Å²) in [7, 11) is 0. The molecular weight excluding hydrogens is 469 g/mol. The number of thioether (sulfide) groups is 1. The Labute approximate surface area is 202 Å². The van der Waals surface area contributed by atoms with Gasteiger partial charge in [-0.05, 0) is 31.2 Å². The van der Waals surface area contributed by atoms with E-state index < -0.39 is 0 Å². The van der Waals surface area contributed by atoms with E-state index >= 15 is 0 Å². The van der Waals surface area contributed by atoms with Crippen molar-refractivity contribution in [2.45, 2.75) is 17.7 Å². The Balaban J connectivity index is 1.25.